The molecule has 0 heterocycles. The van der Waals surface area contributed by atoms with E-state index >= 15 is 0 Å². The van der Waals surface area contributed by atoms with Gasteiger partial charge in [-0.15, -0.1) is 0 Å². The summed E-state index contributed by atoms with van der Waals surface area (Å²) in [5.41, 5.74) is 0.888. The third-order valence-corrected chi connectivity index (χ3v) is 4.96. The molecule has 0 unspecified atom stereocenters. The van der Waals surface area contributed by atoms with E-state index in [0.29, 0.717) is 6.42 Å². The lowest BCUT2D eigenvalue weighted by molar-refractivity contribution is -0.141. The minimum Gasteiger partial charge on any atom is -0.481 e. The molecule has 0 aromatic heterocycles. The lowest BCUT2D eigenvalue weighted by Crippen LogP contribution is -2.22. The summed E-state index contributed by atoms with van der Waals surface area (Å²) in [5.74, 6) is -1.78. The van der Waals surface area contributed by atoms with Gasteiger partial charge in [-0.05, 0) is 25.8 Å². The molecule has 0 aliphatic carbocycles. The highest BCUT2D eigenvalue weighted by Gasteiger charge is 2.32. The van der Waals surface area contributed by atoms with Crippen molar-refractivity contribution in [2.75, 3.05) is 19.4 Å². The molecule has 1 aromatic carbocycles. The molecule has 0 spiro atoms. The maximum Gasteiger partial charge on any atom is 0.331 e. The van der Waals surface area contributed by atoms with E-state index in [9.17, 15) is 14.5 Å². The van der Waals surface area contributed by atoms with Gasteiger partial charge in [0, 0.05) is 0 Å². The van der Waals surface area contributed by atoms with Gasteiger partial charge in [0.15, 0.2) is 0 Å². The summed E-state index contributed by atoms with van der Waals surface area (Å²) in [4.78, 5) is 11.4. The van der Waals surface area contributed by atoms with E-state index in [1.54, 1.807) is 13.8 Å². The Balaban J connectivity index is 2.80. The van der Waals surface area contributed by atoms with E-state index in [-0.39, 0.29) is 19.4 Å². The first kappa shape index (κ1) is 16.9. The van der Waals surface area contributed by atoms with Crippen LogP contribution in [0.3, 0.4) is 0 Å². The predicted octanol–water partition coefficient (Wildman–Crippen LogP) is 3.20. The second-order valence-electron chi connectivity index (χ2n) is 4.35. The molecule has 5 nitrogen and oxygen atoms in total. The lowest BCUT2D eigenvalue weighted by atomic mass is 10.0. The zero-order chi connectivity index (χ0) is 15.0. The van der Waals surface area contributed by atoms with Crippen LogP contribution in [0.5, 0.6) is 0 Å². The molecule has 1 atom stereocenters. The topological polar surface area (TPSA) is 72.8 Å². The van der Waals surface area contributed by atoms with E-state index < -0.39 is 19.5 Å². The SMILES string of the molecule is CCOP(=O)(C[C@@H](Cc1ccccc1)C(=O)O)OCC. The zero-order valence-corrected chi connectivity index (χ0v) is 12.7. The molecule has 1 N–H and O–H groups in total. The summed E-state index contributed by atoms with van der Waals surface area (Å²) in [6.45, 7) is 3.88. The third kappa shape index (κ3) is 5.45. The predicted molar refractivity (Wildman–Crippen MR) is 77.0 cm³/mol. The monoisotopic (exact) mass is 300 g/mol. The van der Waals surface area contributed by atoms with Gasteiger partial charge >= 0.3 is 13.6 Å². The van der Waals surface area contributed by atoms with Gasteiger partial charge in [-0.2, -0.15) is 0 Å². The second-order valence-corrected chi connectivity index (χ2v) is 6.46. The van der Waals surface area contributed by atoms with E-state index in [1.807, 2.05) is 30.3 Å². The molecule has 0 amide bonds. The number of carboxylic acids is 1. The van der Waals surface area contributed by atoms with Gasteiger partial charge in [0.25, 0.3) is 0 Å². The largest absolute Gasteiger partial charge is 0.481 e. The minimum atomic E-state index is -3.35. The van der Waals surface area contributed by atoms with Crippen molar-refractivity contribution in [2.45, 2.75) is 20.3 Å². The fourth-order valence-corrected chi connectivity index (χ4v) is 3.83. The van der Waals surface area contributed by atoms with Crippen molar-refractivity contribution in [1.82, 2.24) is 0 Å². The first-order chi connectivity index (χ1) is 9.50. The molecule has 1 rings (SSSR count). The Morgan fingerprint density at radius 3 is 2.20 bits per heavy atom. The summed E-state index contributed by atoms with van der Waals surface area (Å²) < 4.78 is 22.7. The van der Waals surface area contributed by atoms with Crippen LogP contribution in [0.25, 0.3) is 0 Å². The number of aliphatic carboxylic acids is 1. The van der Waals surface area contributed by atoms with E-state index in [0.717, 1.165) is 5.56 Å². The Hall–Kier alpha value is -1.16. The number of benzene rings is 1. The standard InChI is InChI=1S/C14H21O5P/c1-3-18-20(17,19-4-2)11-13(14(15)16)10-12-8-6-5-7-9-12/h5-9,13H,3-4,10-11H2,1-2H3,(H,15,16)/t13-/m1/s1. The highest BCUT2D eigenvalue weighted by atomic mass is 31.2. The number of hydrogen-bond acceptors (Lipinski definition) is 4. The molecule has 0 bridgehead atoms. The molecule has 0 saturated carbocycles. The molecule has 0 aliphatic rings. The van der Waals surface area contributed by atoms with Crippen LogP contribution in [0.2, 0.25) is 0 Å². The Bertz CT molecular complexity index is 450. The average molecular weight is 300 g/mol. The van der Waals surface area contributed by atoms with E-state index in [2.05, 4.69) is 0 Å². The van der Waals surface area contributed by atoms with Crippen LogP contribution in [-0.4, -0.2) is 30.5 Å². The van der Waals surface area contributed by atoms with Gasteiger partial charge in [-0.25, -0.2) is 0 Å². The first-order valence-corrected chi connectivity index (χ1v) is 8.38. The van der Waals surface area contributed by atoms with Crippen molar-refractivity contribution < 1.29 is 23.5 Å². The van der Waals surface area contributed by atoms with E-state index in [1.165, 1.54) is 0 Å². The van der Waals surface area contributed by atoms with Crippen LogP contribution in [-0.2, 0) is 24.8 Å². The maximum atomic E-state index is 12.4. The minimum absolute atomic E-state index is 0.112. The van der Waals surface area contributed by atoms with Crippen LogP contribution < -0.4 is 0 Å². The first-order valence-electron chi connectivity index (χ1n) is 6.65. The van der Waals surface area contributed by atoms with Crippen molar-refractivity contribution >= 4 is 13.6 Å². The van der Waals surface area contributed by atoms with Crippen LogP contribution in [0.4, 0.5) is 0 Å². The van der Waals surface area contributed by atoms with Gasteiger partial charge in [0.2, 0.25) is 0 Å². The third-order valence-electron chi connectivity index (χ3n) is 2.77. The molecule has 0 fully saturated rings. The van der Waals surface area contributed by atoms with Crippen LogP contribution >= 0.6 is 7.60 Å². The fourth-order valence-electron chi connectivity index (χ4n) is 1.93. The molecule has 0 aliphatic heterocycles. The van der Waals surface area contributed by atoms with Gasteiger partial charge < -0.3 is 14.2 Å². The van der Waals surface area contributed by atoms with Gasteiger partial charge in [0.05, 0.1) is 25.3 Å². The highest BCUT2D eigenvalue weighted by molar-refractivity contribution is 7.53. The molecule has 1 aromatic rings. The van der Waals surface area contributed by atoms with Crippen molar-refractivity contribution in [3.63, 3.8) is 0 Å². The summed E-state index contributed by atoms with van der Waals surface area (Å²) >= 11 is 0. The summed E-state index contributed by atoms with van der Waals surface area (Å²) in [5, 5.41) is 9.30. The Labute approximate surface area is 119 Å². The maximum absolute atomic E-state index is 12.4. The molecular formula is C14H21O5P. The molecule has 20 heavy (non-hydrogen) atoms. The average Bonchev–Trinajstić information content (AvgIpc) is 2.39. The summed E-state index contributed by atoms with van der Waals surface area (Å²) in [7, 11) is -3.35. The number of rotatable bonds is 9. The molecule has 6 heteroatoms. The van der Waals surface area contributed by atoms with Crippen molar-refractivity contribution in [3.05, 3.63) is 35.9 Å². The van der Waals surface area contributed by atoms with Gasteiger partial charge in [-0.1, -0.05) is 30.3 Å². The smallest absolute Gasteiger partial charge is 0.331 e. The van der Waals surface area contributed by atoms with Crippen molar-refractivity contribution in [3.8, 4) is 0 Å². The quantitative estimate of drug-likeness (QED) is 0.709. The molecule has 0 saturated heterocycles. The van der Waals surface area contributed by atoms with Gasteiger partial charge in [0.1, 0.15) is 0 Å². The van der Waals surface area contributed by atoms with Crippen LogP contribution in [0.1, 0.15) is 19.4 Å². The van der Waals surface area contributed by atoms with Crippen LogP contribution in [0.15, 0.2) is 30.3 Å². The Morgan fingerprint density at radius 1 is 1.20 bits per heavy atom. The summed E-state index contributed by atoms with van der Waals surface area (Å²) in [6, 6.07) is 9.26. The molecular weight excluding hydrogens is 279 g/mol. The van der Waals surface area contributed by atoms with Crippen molar-refractivity contribution in [2.24, 2.45) is 5.92 Å². The Morgan fingerprint density at radius 2 is 1.75 bits per heavy atom. The van der Waals surface area contributed by atoms with Gasteiger partial charge in [-0.3, -0.25) is 9.36 Å². The second kappa shape index (κ2) is 8.20. The molecule has 112 valence electrons. The molecule has 0 radical (unpaired) electrons. The lowest BCUT2D eigenvalue weighted by Gasteiger charge is -2.20. The summed E-state index contributed by atoms with van der Waals surface area (Å²) in [6.07, 6.45) is 0.194. The number of hydrogen-bond donors (Lipinski definition) is 1. The van der Waals surface area contributed by atoms with E-state index in [4.69, 9.17) is 9.05 Å². The highest BCUT2D eigenvalue weighted by Crippen LogP contribution is 2.49. The van der Waals surface area contributed by atoms with Crippen LogP contribution in [0, 0.1) is 5.92 Å². The zero-order valence-electron chi connectivity index (χ0n) is 11.8. The van der Waals surface area contributed by atoms with Crippen molar-refractivity contribution in [1.29, 1.82) is 0 Å². The Kier molecular flexibility index (Phi) is 6.93. The number of carbonyl (C=O) groups is 1. The number of carboxylic acid groups (broad SMARTS) is 1. The normalized spacial score (nSPS) is 13.1. The fraction of sp³-hybridized carbons (Fsp3) is 0.500.